The summed E-state index contributed by atoms with van der Waals surface area (Å²) in [6.45, 7) is 6.86. The predicted octanol–water partition coefficient (Wildman–Crippen LogP) is 4.41. The lowest BCUT2D eigenvalue weighted by Crippen LogP contribution is -2.23. The van der Waals surface area contributed by atoms with E-state index in [0.717, 1.165) is 11.4 Å². The fraction of sp³-hybridized carbons (Fsp3) is 0.474. The number of benzene rings is 1. The maximum atomic E-state index is 4.76. The van der Waals surface area contributed by atoms with Crippen molar-refractivity contribution >= 4 is 23.2 Å². The molecule has 3 heterocycles. The molecule has 2 aliphatic rings. The van der Waals surface area contributed by atoms with E-state index in [4.69, 9.17) is 4.99 Å². The van der Waals surface area contributed by atoms with Crippen molar-refractivity contribution in [1.29, 1.82) is 0 Å². The van der Waals surface area contributed by atoms with Crippen LogP contribution < -0.4 is 4.90 Å². The van der Waals surface area contributed by atoms with Gasteiger partial charge in [0.15, 0.2) is 0 Å². The average molecular weight is 325 g/mol. The van der Waals surface area contributed by atoms with Crippen molar-refractivity contribution in [2.75, 3.05) is 18.0 Å². The number of nitrogens with zero attached hydrogens (tertiary/aromatic N) is 3. The normalized spacial score (nSPS) is 20.3. The molecular weight excluding hydrogens is 302 g/mol. The average Bonchev–Trinajstić information content (AvgIpc) is 3.26. The number of hydrogen-bond donors (Lipinski definition) is 0. The van der Waals surface area contributed by atoms with E-state index in [1.165, 1.54) is 48.3 Å². The summed E-state index contributed by atoms with van der Waals surface area (Å²) >= 11 is 1.72. The topological polar surface area (TPSA) is 28.5 Å². The Kier molecular flexibility index (Phi) is 3.93. The summed E-state index contributed by atoms with van der Waals surface area (Å²) in [6, 6.07) is 5.14. The van der Waals surface area contributed by atoms with Gasteiger partial charge in [0.1, 0.15) is 5.01 Å². The molecule has 0 bridgehead atoms. The van der Waals surface area contributed by atoms with Gasteiger partial charge in [-0.2, -0.15) is 0 Å². The van der Waals surface area contributed by atoms with Crippen molar-refractivity contribution in [3.05, 3.63) is 34.8 Å². The lowest BCUT2D eigenvalue weighted by atomic mass is 9.90. The summed E-state index contributed by atoms with van der Waals surface area (Å²) in [5.41, 5.74) is 5.36. The number of anilines is 1. The second-order valence-corrected chi connectivity index (χ2v) is 7.79. The monoisotopic (exact) mass is 325 g/mol. The Morgan fingerprint density at radius 2 is 2.04 bits per heavy atom. The number of aromatic nitrogens is 1. The number of aliphatic imine (C=N–C) groups is 1. The quantitative estimate of drug-likeness (QED) is 0.836. The maximum absolute atomic E-state index is 4.76. The first kappa shape index (κ1) is 14.9. The zero-order chi connectivity index (χ0) is 15.8. The van der Waals surface area contributed by atoms with Crippen LogP contribution in [0.25, 0.3) is 10.6 Å². The molecule has 2 aliphatic heterocycles. The van der Waals surface area contributed by atoms with Gasteiger partial charge >= 0.3 is 0 Å². The van der Waals surface area contributed by atoms with Crippen molar-refractivity contribution in [2.24, 2.45) is 10.9 Å². The third-order valence-corrected chi connectivity index (χ3v) is 5.78. The van der Waals surface area contributed by atoms with E-state index in [0.29, 0.717) is 12.0 Å². The van der Waals surface area contributed by atoms with Crippen molar-refractivity contribution in [3.63, 3.8) is 0 Å². The molecular formula is C19H23N3S. The van der Waals surface area contributed by atoms with Crippen LogP contribution in [-0.4, -0.2) is 30.3 Å². The molecule has 1 aromatic heterocycles. The molecule has 3 nitrogen and oxygen atoms in total. The van der Waals surface area contributed by atoms with Gasteiger partial charge in [-0.05, 0) is 48.4 Å². The maximum Gasteiger partial charge on any atom is 0.125 e. The Balaban J connectivity index is 1.80. The molecule has 0 amide bonds. The molecule has 0 aliphatic carbocycles. The highest BCUT2D eigenvalue weighted by Gasteiger charge is 2.23. The van der Waals surface area contributed by atoms with Gasteiger partial charge in [-0.25, -0.2) is 4.98 Å². The van der Waals surface area contributed by atoms with Gasteiger partial charge in [-0.1, -0.05) is 13.8 Å². The number of hydrogen-bond acceptors (Lipinski definition) is 4. The van der Waals surface area contributed by atoms with Gasteiger partial charge in [0.2, 0.25) is 0 Å². The minimum atomic E-state index is 0.416. The molecule has 1 fully saturated rings. The Bertz CT molecular complexity index is 712. The Morgan fingerprint density at radius 1 is 1.22 bits per heavy atom. The van der Waals surface area contributed by atoms with Crippen LogP contribution >= 0.6 is 11.3 Å². The molecule has 1 unspecified atom stereocenters. The standard InChI is InChI=1S/C19H23N3S/c1-13(2)17-10-14-11-18(22-6-3-4-7-22)16(9-15(14)12-21-17)19-20-5-8-23-19/h5,8-9,11-13,17H,3-4,6-7,10H2,1-2H3. The molecule has 120 valence electrons. The van der Waals surface area contributed by atoms with E-state index >= 15 is 0 Å². The lowest BCUT2D eigenvalue weighted by Gasteiger charge is -2.26. The van der Waals surface area contributed by atoms with Crippen LogP contribution in [0, 0.1) is 5.92 Å². The minimum Gasteiger partial charge on any atom is -0.371 e. The predicted molar refractivity (Wildman–Crippen MR) is 98.9 cm³/mol. The van der Waals surface area contributed by atoms with Gasteiger partial charge in [-0.15, -0.1) is 11.3 Å². The van der Waals surface area contributed by atoms with E-state index in [1.54, 1.807) is 11.3 Å². The summed E-state index contributed by atoms with van der Waals surface area (Å²) in [5.74, 6) is 0.591. The molecule has 23 heavy (non-hydrogen) atoms. The van der Waals surface area contributed by atoms with Gasteiger partial charge in [0.25, 0.3) is 0 Å². The van der Waals surface area contributed by atoms with E-state index < -0.39 is 0 Å². The molecule has 1 saturated heterocycles. The molecule has 1 atom stereocenters. The van der Waals surface area contributed by atoms with E-state index in [-0.39, 0.29) is 0 Å². The van der Waals surface area contributed by atoms with Crippen molar-refractivity contribution in [2.45, 2.75) is 39.2 Å². The van der Waals surface area contributed by atoms with E-state index in [2.05, 4.69) is 47.5 Å². The fourth-order valence-corrected chi connectivity index (χ4v) is 4.22. The minimum absolute atomic E-state index is 0.416. The van der Waals surface area contributed by atoms with Gasteiger partial charge in [-0.3, -0.25) is 4.99 Å². The van der Waals surface area contributed by atoms with E-state index in [9.17, 15) is 0 Å². The molecule has 0 saturated carbocycles. The van der Waals surface area contributed by atoms with E-state index in [1.807, 2.05) is 6.20 Å². The van der Waals surface area contributed by atoms with Crippen LogP contribution in [0.3, 0.4) is 0 Å². The molecule has 4 rings (SSSR count). The van der Waals surface area contributed by atoms with Crippen molar-refractivity contribution in [3.8, 4) is 10.6 Å². The summed E-state index contributed by atoms with van der Waals surface area (Å²) in [6.07, 6.45) is 7.63. The number of fused-ring (bicyclic) bond motifs is 1. The van der Waals surface area contributed by atoms with Crippen LogP contribution in [0.4, 0.5) is 5.69 Å². The highest BCUT2D eigenvalue weighted by molar-refractivity contribution is 7.13. The van der Waals surface area contributed by atoms with Gasteiger partial charge in [0, 0.05) is 42.1 Å². The molecule has 0 radical (unpaired) electrons. The smallest absolute Gasteiger partial charge is 0.125 e. The molecule has 0 spiro atoms. The first-order valence-electron chi connectivity index (χ1n) is 8.57. The Morgan fingerprint density at radius 3 is 2.74 bits per heavy atom. The number of thiazole rings is 1. The first-order valence-corrected chi connectivity index (χ1v) is 9.45. The largest absolute Gasteiger partial charge is 0.371 e. The second-order valence-electron chi connectivity index (χ2n) is 6.89. The lowest BCUT2D eigenvalue weighted by molar-refractivity contribution is 0.490. The zero-order valence-corrected chi connectivity index (χ0v) is 14.6. The van der Waals surface area contributed by atoms with Gasteiger partial charge < -0.3 is 4.90 Å². The highest BCUT2D eigenvalue weighted by Crippen LogP contribution is 2.37. The number of rotatable bonds is 3. The molecule has 2 aromatic rings. The van der Waals surface area contributed by atoms with Gasteiger partial charge in [0.05, 0.1) is 6.04 Å². The van der Waals surface area contributed by atoms with Crippen molar-refractivity contribution < 1.29 is 0 Å². The summed E-state index contributed by atoms with van der Waals surface area (Å²) in [5, 5.41) is 3.18. The fourth-order valence-electron chi connectivity index (χ4n) is 3.55. The molecule has 4 heteroatoms. The summed E-state index contributed by atoms with van der Waals surface area (Å²) in [7, 11) is 0. The SMILES string of the molecule is CC(C)C1Cc2cc(N3CCCC3)c(-c3nccs3)cc2C=N1. The van der Waals surface area contributed by atoms with Crippen LogP contribution in [0.15, 0.2) is 28.7 Å². The van der Waals surface area contributed by atoms with Crippen LogP contribution in [-0.2, 0) is 6.42 Å². The third kappa shape index (κ3) is 2.80. The second kappa shape index (κ2) is 6.08. The highest BCUT2D eigenvalue weighted by atomic mass is 32.1. The van der Waals surface area contributed by atoms with Crippen LogP contribution in [0.1, 0.15) is 37.8 Å². The summed E-state index contributed by atoms with van der Waals surface area (Å²) in [4.78, 5) is 11.9. The van der Waals surface area contributed by atoms with Crippen molar-refractivity contribution in [1.82, 2.24) is 4.98 Å². The third-order valence-electron chi connectivity index (χ3n) is 4.97. The summed E-state index contributed by atoms with van der Waals surface area (Å²) < 4.78 is 0. The molecule has 1 aromatic carbocycles. The Hall–Kier alpha value is -1.68. The Labute approximate surface area is 142 Å². The first-order chi connectivity index (χ1) is 11.2. The zero-order valence-electron chi connectivity index (χ0n) is 13.8. The van der Waals surface area contributed by atoms with Crippen LogP contribution in [0.5, 0.6) is 0 Å². The van der Waals surface area contributed by atoms with Crippen LogP contribution in [0.2, 0.25) is 0 Å². The molecule has 0 N–H and O–H groups in total.